The van der Waals surface area contributed by atoms with Crippen molar-refractivity contribution in [1.82, 2.24) is 4.90 Å². The van der Waals surface area contributed by atoms with Crippen molar-refractivity contribution < 1.29 is 19.4 Å². The lowest BCUT2D eigenvalue weighted by Gasteiger charge is -2.73. The Balaban J connectivity index is 1.08. The summed E-state index contributed by atoms with van der Waals surface area (Å²) < 4.78 is 5.92. The number of aliphatic hydroxyl groups is 1. The molecule has 0 radical (unpaired) electrons. The van der Waals surface area contributed by atoms with Crippen molar-refractivity contribution in [3.63, 3.8) is 0 Å². The first-order valence-corrected chi connectivity index (χ1v) is 12.3. The predicted octanol–water partition coefficient (Wildman–Crippen LogP) is 5.08. The Morgan fingerprint density at radius 3 is 2.52 bits per heavy atom. The average Bonchev–Trinajstić information content (AvgIpc) is 3.11. The highest BCUT2D eigenvalue weighted by molar-refractivity contribution is 6.30. The first kappa shape index (κ1) is 21.5. The summed E-state index contributed by atoms with van der Waals surface area (Å²) in [6, 6.07) is 12.7. The molecule has 33 heavy (non-hydrogen) atoms. The molecule has 2 aromatic rings. The third-order valence-electron chi connectivity index (χ3n) is 8.11. The first-order chi connectivity index (χ1) is 15.8. The van der Waals surface area contributed by atoms with E-state index in [1.54, 1.807) is 18.2 Å². The maximum absolute atomic E-state index is 13.2. The molecule has 3 aliphatic carbocycles. The van der Waals surface area contributed by atoms with Gasteiger partial charge in [0.25, 0.3) is 0 Å². The molecule has 1 N–H and O–H groups in total. The van der Waals surface area contributed by atoms with Gasteiger partial charge in [-0.25, -0.2) is 0 Å². The van der Waals surface area contributed by atoms with Crippen LogP contribution >= 0.6 is 23.2 Å². The highest BCUT2D eigenvalue weighted by Gasteiger charge is 2.72. The van der Waals surface area contributed by atoms with Gasteiger partial charge in [-0.1, -0.05) is 35.3 Å². The van der Waals surface area contributed by atoms with E-state index in [0.29, 0.717) is 27.8 Å². The minimum Gasteiger partial charge on any atom is -0.482 e. The number of amides is 1. The lowest BCUT2D eigenvalue weighted by molar-refractivity contribution is -0.218. The molecule has 172 valence electrons. The summed E-state index contributed by atoms with van der Waals surface area (Å²) >= 11 is 12.0. The van der Waals surface area contributed by atoms with Gasteiger partial charge in [-0.3, -0.25) is 9.59 Å². The standard InChI is InChI=1S/C26H25Cl2NO4/c27-16-3-1-15(2-4-16)18-7-8-29(24(18)32)26-12-25(13-26,14-26)11-21(31)23-10-20(30)19-9-17(28)5-6-22(19)33-23/h1-6,9,18,20,23,30H,7-8,10-14H2/t18-,20+,23+,25?,26?/m0/s1. The third kappa shape index (κ3) is 3.39. The van der Waals surface area contributed by atoms with Crippen LogP contribution < -0.4 is 4.74 Å². The van der Waals surface area contributed by atoms with Gasteiger partial charge in [0, 0.05) is 40.5 Å². The van der Waals surface area contributed by atoms with E-state index in [1.807, 2.05) is 24.3 Å². The molecule has 7 heteroatoms. The fourth-order valence-corrected chi connectivity index (χ4v) is 6.97. The van der Waals surface area contributed by atoms with Crippen molar-refractivity contribution in [3.05, 3.63) is 63.6 Å². The monoisotopic (exact) mass is 485 g/mol. The van der Waals surface area contributed by atoms with Gasteiger partial charge in [-0.2, -0.15) is 0 Å². The number of halogens is 2. The Kier molecular flexibility index (Phi) is 4.85. The van der Waals surface area contributed by atoms with E-state index in [-0.39, 0.29) is 35.0 Å². The van der Waals surface area contributed by atoms with E-state index < -0.39 is 12.2 Å². The number of carbonyl (C=O) groups excluding carboxylic acids is 2. The van der Waals surface area contributed by atoms with Crippen molar-refractivity contribution in [2.75, 3.05) is 6.54 Å². The Labute approximate surface area is 202 Å². The normalized spacial score (nSPS) is 34.2. The number of nitrogens with zero attached hydrogens (tertiary/aromatic N) is 1. The number of benzene rings is 2. The van der Waals surface area contributed by atoms with Gasteiger partial charge in [0.05, 0.1) is 12.0 Å². The van der Waals surface area contributed by atoms with Gasteiger partial charge < -0.3 is 14.7 Å². The lowest BCUT2D eigenvalue weighted by Crippen LogP contribution is -2.75. The summed E-state index contributed by atoms with van der Waals surface area (Å²) in [5.74, 6) is 0.668. The lowest BCUT2D eigenvalue weighted by atomic mass is 9.37. The fraction of sp³-hybridized carbons (Fsp3) is 0.462. The molecule has 3 saturated carbocycles. The van der Waals surface area contributed by atoms with Crippen molar-refractivity contribution in [2.45, 2.75) is 62.2 Å². The summed E-state index contributed by atoms with van der Waals surface area (Å²) in [7, 11) is 0. The number of carbonyl (C=O) groups is 2. The molecule has 0 spiro atoms. The zero-order valence-electron chi connectivity index (χ0n) is 18.1. The number of hydrogen-bond acceptors (Lipinski definition) is 4. The number of ketones is 1. The van der Waals surface area contributed by atoms with Gasteiger partial charge in [-0.05, 0) is 67.0 Å². The van der Waals surface area contributed by atoms with Crippen LogP contribution in [0.15, 0.2) is 42.5 Å². The summed E-state index contributed by atoms with van der Waals surface area (Å²) in [4.78, 5) is 28.3. The number of likely N-dealkylation sites (tertiary alicyclic amines) is 1. The zero-order chi connectivity index (χ0) is 23.0. The Morgan fingerprint density at radius 1 is 1.09 bits per heavy atom. The van der Waals surface area contributed by atoms with Crippen LogP contribution in [0.4, 0.5) is 0 Å². The number of aliphatic hydroxyl groups excluding tert-OH is 1. The molecule has 5 aliphatic rings. The van der Waals surface area contributed by atoms with Gasteiger partial charge in [0.2, 0.25) is 5.91 Å². The van der Waals surface area contributed by atoms with Crippen LogP contribution in [0.5, 0.6) is 5.75 Å². The molecule has 1 saturated heterocycles. The molecule has 3 atom stereocenters. The maximum atomic E-state index is 13.2. The van der Waals surface area contributed by atoms with Crippen LogP contribution in [-0.2, 0) is 9.59 Å². The molecule has 4 fully saturated rings. The van der Waals surface area contributed by atoms with Crippen molar-refractivity contribution in [1.29, 1.82) is 0 Å². The molecule has 2 bridgehead atoms. The van der Waals surface area contributed by atoms with Crippen LogP contribution in [0.1, 0.15) is 61.7 Å². The second-order valence-corrected chi connectivity index (χ2v) is 11.2. The number of ether oxygens (including phenoxy) is 1. The van der Waals surface area contributed by atoms with E-state index in [0.717, 1.165) is 37.8 Å². The Morgan fingerprint density at radius 2 is 1.79 bits per heavy atom. The van der Waals surface area contributed by atoms with E-state index in [4.69, 9.17) is 27.9 Å². The molecule has 1 amide bonds. The minimum atomic E-state index is -0.757. The van der Waals surface area contributed by atoms with E-state index in [1.165, 1.54) is 0 Å². The van der Waals surface area contributed by atoms with Gasteiger partial charge in [0.1, 0.15) is 5.75 Å². The van der Waals surface area contributed by atoms with E-state index in [2.05, 4.69) is 4.90 Å². The maximum Gasteiger partial charge on any atom is 0.230 e. The van der Waals surface area contributed by atoms with Crippen molar-refractivity contribution in [3.8, 4) is 5.75 Å². The molecule has 0 aromatic heterocycles. The van der Waals surface area contributed by atoms with Gasteiger partial charge >= 0.3 is 0 Å². The van der Waals surface area contributed by atoms with Crippen LogP contribution in [0, 0.1) is 5.41 Å². The molecular weight excluding hydrogens is 461 g/mol. The second kappa shape index (κ2) is 7.46. The van der Waals surface area contributed by atoms with E-state index >= 15 is 0 Å². The summed E-state index contributed by atoms with van der Waals surface area (Å²) in [5.41, 5.74) is 1.57. The molecule has 2 aromatic carbocycles. The Hall–Kier alpha value is -2.08. The van der Waals surface area contributed by atoms with Crippen LogP contribution in [0.25, 0.3) is 0 Å². The van der Waals surface area contributed by atoms with Crippen LogP contribution in [0.2, 0.25) is 10.0 Å². The minimum absolute atomic E-state index is 0.0235. The average molecular weight is 486 g/mol. The first-order valence-electron chi connectivity index (χ1n) is 11.5. The predicted molar refractivity (Wildman–Crippen MR) is 125 cm³/mol. The fourth-order valence-electron chi connectivity index (χ4n) is 6.67. The molecule has 7 rings (SSSR count). The van der Waals surface area contributed by atoms with Gasteiger partial charge in [-0.15, -0.1) is 0 Å². The van der Waals surface area contributed by atoms with Crippen LogP contribution in [-0.4, -0.2) is 39.9 Å². The SMILES string of the molecule is O=C(CC12CC(N3CC[C@@H](c4ccc(Cl)cc4)C3=O)(C1)C2)[C@H]1C[C@@H](O)c2cc(Cl)ccc2O1. The topological polar surface area (TPSA) is 66.8 Å². The van der Waals surface area contributed by atoms with Gasteiger partial charge in [0.15, 0.2) is 11.9 Å². The van der Waals surface area contributed by atoms with Crippen molar-refractivity contribution in [2.24, 2.45) is 5.41 Å². The number of fused-ring (bicyclic) bond motifs is 1. The summed E-state index contributed by atoms with van der Waals surface area (Å²) in [5, 5.41) is 11.7. The number of rotatable bonds is 5. The largest absolute Gasteiger partial charge is 0.482 e. The van der Waals surface area contributed by atoms with E-state index in [9.17, 15) is 14.7 Å². The molecule has 2 aliphatic heterocycles. The third-order valence-corrected chi connectivity index (χ3v) is 8.60. The highest BCUT2D eigenvalue weighted by atomic mass is 35.5. The molecule has 2 heterocycles. The smallest absolute Gasteiger partial charge is 0.230 e. The van der Waals surface area contributed by atoms with Crippen LogP contribution in [0.3, 0.4) is 0 Å². The highest BCUT2D eigenvalue weighted by Crippen LogP contribution is 2.72. The quantitative estimate of drug-likeness (QED) is 0.641. The zero-order valence-corrected chi connectivity index (χ0v) is 19.6. The van der Waals surface area contributed by atoms with Crippen molar-refractivity contribution >= 4 is 34.9 Å². The number of Topliss-reactive ketones (excluding diaryl/α,β-unsaturated/α-hetero) is 1. The second-order valence-electron chi connectivity index (χ2n) is 10.3. The summed E-state index contributed by atoms with van der Waals surface area (Å²) in [6.45, 7) is 0.771. The molecular formula is C26H25Cl2NO4. The Bertz CT molecular complexity index is 1130. The number of hydrogen-bond donors (Lipinski definition) is 1. The molecule has 5 nitrogen and oxygen atoms in total. The summed E-state index contributed by atoms with van der Waals surface area (Å²) in [6.07, 6.45) is 2.77. The molecule has 0 unspecified atom stereocenters.